The Hall–Kier alpha value is -4.62. The smallest absolute Gasteiger partial charge is 0.269 e. The number of hydrogen-bond donors (Lipinski definition) is 3. The Morgan fingerprint density at radius 2 is 1.64 bits per heavy atom. The van der Waals surface area contributed by atoms with Gasteiger partial charge in [0.05, 0.1) is 23.8 Å². The highest BCUT2D eigenvalue weighted by Crippen LogP contribution is 2.30. The van der Waals surface area contributed by atoms with Gasteiger partial charge >= 0.3 is 0 Å². The molecule has 1 aliphatic heterocycles. The first-order valence-electron chi connectivity index (χ1n) is 13.5. The molecule has 4 rings (SSSR count). The van der Waals surface area contributed by atoms with E-state index in [9.17, 15) is 29.3 Å². The lowest BCUT2D eigenvalue weighted by molar-refractivity contribution is -0.384. The zero-order valence-corrected chi connectivity index (χ0v) is 22.8. The second-order valence-corrected chi connectivity index (χ2v) is 10.1. The van der Waals surface area contributed by atoms with Crippen molar-refractivity contribution in [2.24, 2.45) is 11.8 Å². The first kappa shape index (κ1) is 30.3. The lowest BCUT2D eigenvalue weighted by Crippen LogP contribution is -2.40. The minimum absolute atomic E-state index is 0.0392. The van der Waals surface area contributed by atoms with E-state index in [4.69, 9.17) is 14.6 Å². The number of carbonyl (C=O) groups excluding carboxylic acids is 4. The highest BCUT2D eigenvalue weighted by molar-refractivity contribution is 6.12. The first-order valence-corrected chi connectivity index (χ1v) is 13.5. The van der Waals surface area contributed by atoms with E-state index in [1.807, 2.05) is 0 Å². The van der Waals surface area contributed by atoms with Crippen LogP contribution in [0.1, 0.15) is 36.8 Å². The highest BCUT2D eigenvalue weighted by Gasteiger charge is 2.31. The largest absolute Gasteiger partial charge is 0.487 e. The third-order valence-electron chi connectivity index (χ3n) is 7.20. The predicted molar refractivity (Wildman–Crippen MR) is 149 cm³/mol. The van der Waals surface area contributed by atoms with Gasteiger partial charge in [0.25, 0.3) is 17.5 Å². The third-order valence-corrected chi connectivity index (χ3v) is 7.20. The topological polar surface area (TPSA) is 177 Å². The average molecular weight is 581 g/mol. The molecule has 2 aliphatic rings. The van der Waals surface area contributed by atoms with Crippen LogP contribution in [-0.4, -0.2) is 58.4 Å². The summed E-state index contributed by atoms with van der Waals surface area (Å²) in [5, 5.41) is 25.3. The summed E-state index contributed by atoms with van der Waals surface area (Å²) in [4.78, 5) is 60.7. The van der Waals surface area contributed by atoms with E-state index < -0.39 is 17.6 Å². The Morgan fingerprint density at radius 3 is 2.29 bits per heavy atom. The number of nitrogens with zero attached hydrogens (tertiary/aromatic N) is 2. The van der Waals surface area contributed by atoms with E-state index in [1.54, 1.807) is 30.3 Å². The molecule has 0 aromatic heterocycles. The van der Waals surface area contributed by atoms with Gasteiger partial charge in [-0.1, -0.05) is 6.07 Å². The normalized spacial score (nSPS) is 18.2. The lowest BCUT2D eigenvalue weighted by Gasteiger charge is -2.29. The standard InChI is InChI=1S/C29H32N4O9/c34-18-41-16-21-5-10-25(42-17-20-3-8-23(9-4-20)33(39)40)24(13-21)31-26(35)14-30-29(38)22-6-1-19(2-7-22)15-32-27(36)11-12-28(32)37/h3-5,8-13,19,22,34H,1-2,6-7,14-18H2,(H,30,38)(H,31,35). The summed E-state index contributed by atoms with van der Waals surface area (Å²) in [6, 6.07) is 10.9. The Labute approximate surface area is 241 Å². The van der Waals surface area contributed by atoms with E-state index >= 15 is 0 Å². The molecule has 0 radical (unpaired) electrons. The number of aliphatic hydroxyl groups excluding tert-OH is 1. The van der Waals surface area contributed by atoms with Gasteiger partial charge in [0.2, 0.25) is 11.8 Å². The molecule has 0 atom stereocenters. The summed E-state index contributed by atoms with van der Waals surface area (Å²) >= 11 is 0. The van der Waals surface area contributed by atoms with Gasteiger partial charge < -0.3 is 25.2 Å². The number of anilines is 1. The van der Waals surface area contributed by atoms with Crippen LogP contribution < -0.4 is 15.4 Å². The van der Waals surface area contributed by atoms with Crippen LogP contribution in [0, 0.1) is 22.0 Å². The molecule has 1 heterocycles. The van der Waals surface area contributed by atoms with E-state index in [0.717, 1.165) is 0 Å². The van der Waals surface area contributed by atoms with E-state index in [2.05, 4.69) is 10.6 Å². The first-order chi connectivity index (χ1) is 20.2. The molecule has 222 valence electrons. The van der Waals surface area contributed by atoms with Crippen LogP contribution >= 0.6 is 0 Å². The van der Waals surface area contributed by atoms with Crippen molar-refractivity contribution >= 4 is 35.0 Å². The third kappa shape index (κ3) is 8.21. The molecular weight excluding hydrogens is 548 g/mol. The van der Waals surface area contributed by atoms with Crippen molar-refractivity contribution in [2.75, 3.05) is 25.2 Å². The van der Waals surface area contributed by atoms with Crippen molar-refractivity contribution in [1.29, 1.82) is 0 Å². The van der Waals surface area contributed by atoms with Crippen molar-refractivity contribution in [1.82, 2.24) is 10.2 Å². The fourth-order valence-corrected chi connectivity index (χ4v) is 4.91. The summed E-state index contributed by atoms with van der Waals surface area (Å²) in [6.07, 6.45) is 5.10. The van der Waals surface area contributed by atoms with Crippen molar-refractivity contribution < 1.29 is 38.7 Å². The summed E-state index contributed by atoms with van der Waals surface area (Å²) in [5.41, 5.74) is 1.64. The molecule has 13 nitrogen and oxygen atoms in total. The number of rotatable bonds is 13. The second-order valence-electron chi connectivity index (χ2n) is 10.1. The molecule has 0 unspecified atom stereocenters. The van der Waals surface area contributed by atoms with Gasteiger partial charge in [0, 0.05) is 36.7 Å². The highest BCUT2D eigenvalue weighted by atomic mass is 16.6. The summed E-state index contributed by atoms with van der Waals surface area (Å²) in [7, 11) is 0. The van der Waals surface area contributed by atoms with Gasteiger partial charge in [-0.15, -0.1) is 0 Å². The van der Waals surface area contributed by atoms with Crippen molar-refractivity contribution in [3.05, 3.63) is 75.9 Å². The van der Waals surface area contributed by atoms with Gasteiger partial charge in [0.15, 0.2) is 0 Å². The summed E-state index contributed by atoms with van der Waals surface area (Å²) in [6.45, 7) is -0.208. The van der Waals surface area contributed by atoms with Crippen LogP contribution in [0.25, 0.3) is 0 Å². The van der Waals surface area contributed by atoms with Crippen LogP contribution in [0.3, 0.4) is 0 Å². The molecule has 0 bridgehead atoms. The van der Waals surface area contributed by atoms with Gasteiger partial charge in [0.1, 0.15) is 19.1 Å². The van der Waals surface area contributed by atoms with Crippen molar-refractivity contribution in [3.63, 3.8) is 0 Å². The van der Waals surface area contributed by atoms with E-state index in [0.29, 0.717) is 54.8 Å². The molecule has 1 aliphatic carbocycles. The zero-order chi connectivity index (χ0) is 30.1. The van der Waals surface area contributed by atoms with Crippen LogP contribution in [0.4, 0.5) is 11.4 Å². The van der Waals surface area contributed by atoms with Crippen LogP contribution in [0.5, 0.6) is 5.75 Å². The molecule has 0 saturated heterocycles. The monoisotopic (exact) mass is 580 g/mol. The van der Waals surface area contributed by atoms with Crippen molar-refractivity contribution in [2.45, 2.75) is 38.9 Å². The SMILES string of the molecule is O=C(CNC(=O)C1CCC(CN2C(=O)C=CC2=O)CC1)Nc1cc(COCO)ccc1OCc1ccc([N+](=O)[O-])cc1. The molecule has 4 amide bonds. The van der Waals surface area contributed by atoms with E-state index in [-0.39, 0.29) is 55.0 Å². The predicted octanol–water partition coefficient (Wildman–Crippen LogP) is 2.43. The lowest BCUT2D eigenvalue weighted by atomic mass is 9.81. The molecule has 42 heavy (non-hydrogen) atoms. The maximum Gasteiger partial charge on any atom is 0.269 e. The number of carbonyl (C=O) groups is 4. The number of nitro groups is 1. The molecule has 0 spiro atoms. The molecule has 13 heteroatoms. The number of non-ortho nitro benzene ring substituents is 1. The molecule has 1 fully saturated rings. The minimum atomic E-state index is -0.491. The molecule has 1 saturated carbocycles. The average Bonchev–Trinajstić information content (AvgIpc) is 3.31. The Morgan fingerprint density at radius 1 is 0.976 bits per heavy atom. The van der Waals surface area contributed by atoms with Crippen LogP contribution in [-0.2, 0) is 37.1 Å². The number of ether oxygens (including phenoxy) is 2. The number of benzene rings is 2. The van der Waals surface area contributed by atoms with Gasteiger partial charge in [-0.2, -0.15) is 0 Å². The van der Waals surface area contributed by atoms with Crippen molar-refractivity contribution in [3.8, 4) is 5.75 Å². The van der Waals surface area contributed by atoms with E-state index in [1.165, 1.54) is 29.2 Å². The Bertz CT molecular complexity index is 1330. The number of imide groups is 1. The fraction of sp³-hybridized carbons (Fsp3) is 0.379. The molecular formula is C29H32N4O9. The number of nitro benzene ring substituents is 1. The Kier molecular flexibility index (Phi) is 10.3. The Balaban J connectivity index is 1.28. The van der Waals surface area contributed by atoms with Gasteiger partial charge in [-0.05, 0) is 67.0 Å². The number of hydrogen-bond acceptors (Lipinski definition) is 9. The molecule has 2 aromatic rings. The number of nitrogens with one attached hydrogen (secondary N) is 2. The number of amides is 4. The maximum atomic E-state index is 12.8. The van der Waals surface area contributed by atoms with Crippen LogP contribution in [0.15, 0.2) is 54.6 Å². The number of aliphatic hydroxyl groups is 1. The van der Waals surface area contributed by atoms with Gasteiger partial charge in [-0.3, -0.25) is 34.2 Å². The summed E-state index contributed by atoms with van der Waals surface area (Å²) < 4.78 is 10.9. The second kappa shape index (κ2) is 14.3. The maximum absolute atomic E-state index is 12.8. The van der Waals surface area contributed by atoms with Gasteiger partial charge in [-0.25, -0.2) is 0 Å². The fourth-order valence-electron chi connectivity index (χ4n) is 4.91. The molecule has 3 N–H and O–H groups in total. The minimum Gasteiger partial charge on any atom is -0.487 e. The quantitative estimate of drug-likeness (QED) is 0.139. The van der Waals surface area contributed by atoms with Crippen LogP contribution in [0.2, 0.25) is 0 Å². The summed E-state index contributed by atoms with van der Waals surface area (Å²) in [5.74, 6) is -1.12. The zero-order valence-electron chi connectivity index (χ0n) is 22.8. The molecule has 2 aromatic carbocycles.